The zero-order valence-corrected chi connectivity index (χ0v) is 11.3. The van der Waals surface area contributed by atoms with E-state index in [-0.39, 0.29) is 0 Å². The summed E-state index contributed by atoms with van der Waals surface area (Å²) in [6.07, 6.45) is 4.11. The van der Waals surface area contributed by atoms with Crippen molar-refractivity contribution in [2.24, 2.45) is 5.92 Å². The second kappa shape index (κ2) is 5.74. The van der Waals surface area contributed by atoms with Gasteiger partial charge in [-0.3, -0.25) is 4.79 Å². The van der Waals surface area contributed by atoms with Crippen LogP contribution in [0.25, 0.3) is 0 Å². The van der Waals surface area contributed by atoms with Gasteiger partial charge in [-0.2, -0.15) is 0 Å². The molecule has 2 aliphatic heterocycles. The predicted molar refractivity (Wildman–Crippen MR) is 75.7 cm³/mol. The standard InChI is InChI=1S/C16H22N2O/c19-16(11-13-8-9-17-12-13)18-10-4-7-15(18)14-5-2-1-3-6-14/h1-3,5-6,13,15,17H,4,7-12H2. The summed E-state index contributed by atoms with van der Waals surface area (Å²) >= 11 is 0. The number of nitrogens with one attached hydrogen (secondary N) is 1. The van der Waals surface area contributed by atoms with Crippen molar-refractivity contribution < 1.29 is 4.79 Å². The molecule has 3 nitrogen and oxygen atoms in total. The van der Waals surface area contributed by atoms with E-state index in [9.17, 15) is 4.79 Å². The monoisotopic (exact) mass is 258 g/mol. The van der Waals surface area contributed by atoms with Crippen LogP contribution in [0.1, 0.15) is 37.3 Å². The highest BCUT2D eigenvalue weighted by molar-refractivity contribution is 5.77. The molecule has 19 heavy (non-hydrogen) atoms. The summed E-state index contributed by atoms with van der Waals surface area (Å²) in [5.74, 6) is 0.893. The summed E-state index contributed by atoms with van der Waals surface area (Å²) < 4.78 is 0. The van der Waals surface area contributed by atoms with Crippen LogP contribution in [0.15, 0.2) is 30.3 Å². The maximum Gasteiger partial charge on any atom is 0.223 e. The van der Waals surface area contributed by atoms with Crippen LogP contribution in [-0.4, -0.2) is 30.4 Å². The third-order valence-corrected chi connectivity index (χ3v) is 4.38. The van der Waals surface area contributed by atoms with Gasteiger partial charge in [-0.15, -0.1) is 0 Å². The summed E-state index contributed by atoms with van der Waals surface area (Å²) in [7, 11) is 0. The SMILES string of the molecule is O=C(CC1CCNC1)N1CCCC1c1ccccc1. The zero-order chi connectivity index (χ0) is 13.1. The molecule has 1 aromatic carbocycles. The fourth-order valence-electron chi connectivity index (χ4n) is 3.34. The molecule has 102 valence electrons. The quantitative estimate of drug-likeness (QED) is 0.902. The van der Waals surface area contributed by atoms with Crippen molar-refractivity contribution in [3.63, 3.8) is 0 Å². The van der Waals surface area contributed by atoms with Gasteiger partial charge in [-0.05, 0) is 43.8 Å². The van der Waals surface area contributed by atoms with E-state index in [1.165, 1.54) is 5.56 Å². The topological polar surface area (TPSA) is 32.3 Å². The summed E-state index contributed by atoms with van der Waals surface area (Å²) in [6.45, 7) is 3.01. The first-order chi connectivity index (χ1) is 9.34. The molecule has 2 unspecified atom stereocenters. The van der Waals surface area contributed by atoms with Crippen molar-refractivity contribution in [3.05, 3.63) is 35.9 Å². The lowest BCUT2D eigenvalue weighted by molar-refractivity contribution is -0.133. The van der Waals surface area contributed by atoms with Crippen molar-refractivity contribution in [1.29, 1.82) is 0 Å². The van der Waals surface area contributed by atoms with Crippen LogP contribution in [-0.2, 0) is 4.79 Å². The van der Waals surface area contributed by atoms with E-state index in [4.69, 9.17) is 0 Å². The Morgan fingerprint density at radius 2 is 2.11 bits per heavy atom. The predicted octanol–water partition coefficient (Wildman–Crippen LogP) is 2.35. The molecule has 2 fully saturated rings. The van der Waals surface area contributed by atoms with Gasteiger partial charge in [0.15, 0.2) is 0 Å². The van der Waals surface area contributed by atoms with Crippen LogP contribution in [0.5, 0.6) is 0 Å². The third-order valence-electron chi connectivity index (χ3n) is 4.38. The van der Waals surface area contributed by atoms with Crippen molar-refractivity contribution in [2.45, 2.75) is 31.7 Å². The largest absolute Gasteiger partial charge is 0.336 e. The Bertz CT molecular complexity index is 426. The molecule has 0 bridgehead atoms. The molecule has 2 heterocycles. The first-order valence-corrected chi connectivity index (χ1v) is 7.40. The average molecular weight is 258 g/mol. The third kappa shape index (κ3) is 2.81. The number of hydrogen-bond donors (Lipinski definition) is 1. The summed E-state index contributed by atoms with van der Waals surface area (Å²) in [4.78, 5) is 14.6. The number of hydrogen-bond acceptors (Lipinski definition) is 2. The van der Waals surface area contributed by atoms with Gasteiger partial charge in [0.05, 0.1) is 6.04 Å². The van der Waals surface area contributed by atoms with Crippen LogP contribution in [0.4, 0.5) is 0 Å². The van der Waals surface area contributed by atoms with Gasteiger partial charge in [-0.1, -0.05) is 30.3 Å². The van der Waals surface area contributed by atoms with Crippen molar-refractivity contribution in [1.82, 2.24) is 10.2 Å². The second-order valence-corrected chi connectivity index (χ2v) is 5.72. The fourth-order valence-corrected chi connectivity index (χ4v) is 3.34. The van der Waals surface area contributed by atoms with Gasteiger partial charge >= 0.3 is 0 Å². The molecule has 3 heteroatoms. The molecular formula is C16H22N2O. The molecule has 2 atom stereocenters. The first-order valence-electron chi connectivity index (χ1n) is 7.40. The van der Waals surface area contributed by atoms with E-state index in [1.54, 1.807) is 0 Å². The number of carbonyl (C=O) groups excluding carboxylic acids is 1. The lowest BCUT2D eigenvalue weighted by Crippen LogP contribution is -2.32. The Morgan fingerprint density at radius 3 is 2.84 bits per heavy atom. The lowest BCUT2D eigenvalue weighted by atomic mass is 10.0. The first kappa shape index (κ1) is 12.7. The van der Waals surface area contributed by atoms with Crippen molar-refractivity contribution in [3.8, 4) is 0 Å². The summed E-state index contributed by atoms with van der Waals surface area (Å²) in [5.41, 5.74) is 1.29. The van der Waals surface area contributed by atoms with E-state index in [0.717, 1.165) is 45.3 Å². The van der Waals surface area contributed by atoms with Crippen LogP contribution in [0, 0.1) is 5.92 Å². The van der Waals surface area contributed by atoms with Crippen LogP contribution < -0.4 is 5.32 Å². The summed E-state index contributed by atoms with van der Waals surface area (Å²) in [6, 6.07) is 10.8. The number of amides is 1. The van der Waals surface area contributed by atoms with Crippen molar-refractivity contribution in [2.75, 3.05) is 19.6 Å². The van der Waals surface area contributed by atoms with Crippen molar-refractivity contribution >= 4 is 5.91 Å². The molecule has 0 aromatic heterocycles. The zero-order valence-electron chi connectivity index (χ0n) is 11.3. The Labute approximate surface area is 115 Å². The van der Waals surface area contributed by atoms with E-state index in [0.29, 0.717) is 17.9 Å². The number of carbonyl (C=O) groups is 1. The van der Waals surface area contributed by atoms with Gasteiger partial charge < -0.3 is 10.2 Å². The highest BCUT2D eigenvalue weighted by Gasteiger charge is 2.31. The van der Waals surface area contributed by atoms with E-state index >= 15 is 0 Å². The molecule has 1 N–H and O–H groups in total. The maximum atomic E-state index is 12.5. The smallest absolute Gasteiger partial charge is 0.223 e. The average Bonchev–Trinajstić information content (AvgIpc) is 3.10. The minimum atomic E-state index is 0.308. The highest BCUT2D eigenvalue weighted by Crippen LogP contribution is 2.33. The molecular weight excluding hydrogens is 236 g/mol. The minimum absolute atomic E-state index is 0.308. The minimum Gasteiger partial charge on any atom is -0.336 e. The Morgan fingerprint density at radius 1 is 1.26 bits per heavy atom. The molecule has 1 aromatic rings. The highest BCUT2D eigenvalue weighted by atomic mass is 16.2. The van der Waals surface area contributed by atoms with Crippen LogP contribution in [0.2, 0.25) is 0 Å². The van der Waals surface area contributed by atoms with Crippen LogP contribution in [0.3, 0.4) is 0 Å². The van der Waals surface area contributed by atoms with E-state index < -0.39 is 0 Å². The molecule has 3 rings (SSSR count). The van der Waals surface area contributed by atoms with Gasteiger partial charge in [0.25, 0.3) is 0 Å². The van der Waals surface area contributed by atoms with Gasteiger partial charge in [0, 0.05) is 13.0 Å². The molecule has 0 radical (unpaired) electrons. The van der Waals surface area contributed by atoms with Gasteiger partial charge in [0.1, 0.15) is 0 Å². The molecule has 2 aliphatic rings. The number of rotatable bonds is 3. The number of benzene rings is 1. The van der Waals surface area contributed by atoms with Gasteiger partial charge in [0.2, 0.25) is 5.91 Å². The van der Waals surface area contributed by atoms with Gasteiger partial charge in [-0.25, -0.2) is 0 Å². The lowest BCUT2D eigenvalue weighted by Gasteiger charge is -2.26. The fraction of sp³-hybridized carbons (Fsp3) is 0.562. The molecule has 0 saturated carbocycles. The molecule has 0 aliphatic carbocycles. The molecule has 2 saturated heterocycles. The Balaban J connectivity index is 1.67. The van der Waals surface area contributed by atoms with E-state index in [2.05, 4.69) is 34.5 Å². The maximum absolute atomic E-state index is 12.5. The van der Waals surface area contributed by atoms with Crippen LogP contribution >= 0.6 is 0 Å². The molecule has 1 amide bonds. The Kier molecular flexibility index (Phi) is 3.83. The Hall–Kier alpha value is -1.35. The van der Waals surface area contributed by atoms with E-state index in [1.807, 2.05) is 6.07 Å². The second-order valence-electron chi connectivity index (χ2n) is 5.72. The number of nitrogens with zero attached hydrogens (tertiary/aromatic N) is 1. The molecule has 0 spiro atoms. The summed E-state index contributed by atoms with van der Waals surface area (Å²) in [5, 5.41) is 3.34. The number of likely N-dealkylation sites (tertiary alicyclic amines) is 1. The normalized spacial score (nSPS) is 26.8.